The fraction of sp³-hybridized carbons (Fsp3) is 0.320. The predicted octanol–water partition coefficient (Wildman–Crippen LogP) is 4.10. The van der Waals surface area contributed by atoms with Crippen molar-refractivity contribution >= 4 is 17.8 Å². The molecule has 1 aliphatic rings. The molecule has 0 fully saturated rings. The van der Waals surface area contributed by atoms with Gasteiger partial charge in [-0.15, -0.1) is 0 Å². The second kappa shape index (κ2) is 9.68. The number of carbonyl (C=O) groups is 3. The molecule has 0 saturated heterocycles. The molecule has 0 saturated carbocycles. The van der Waals surface area contributed by atoms with Gasteiger partial charge in [0, 0.05) is 12.6 Å². The van der Waals surface area contributed by atoms with Crippen molar-refractivity contribution in [3.63, 3.8) is 0 Å². The molecule has 32 heavy (non-hydrogen) atoms. The van der Waals surface area contributed by atoms with Crippen LogP contribution < -0.4 is 10.1 Å². The molecule has 2 aromatic carbocycles. The Balaban J connectivity index is 2.02. The van der Waals surface area contributed by atoms with E-state index in [0.717, 1.165) is 16.7 Å². The molecular weight excluding hydrogens is 408 g/mol. The minimum absolute atomic E-state index is 0.0150. The molecule has 0 bridgehead atoms. The highest BCUT2D eigenvalue weighted by atomic mass is 16.5. The Morgan fingerprint density at radius 3 is 2.38 bits per heavy atom. The molecule has 1 atom stereocenters. The lowest BCUT2D eigenvalue weighted by molar-refractivity contribution is -0.139. The van der Waals surface area contributed by atoms with E-state index in [4.69, 9.17) is 9.47 Å². The van der Waals surface area contributed by atoms with Crippen LogP contribution in [0.5, 0.6) is 5.75 Å². The maximum Gasteiger partial charge on any atom is 0.338 e. The van der Waals surface area contributed by atoms with Crippen molar-refractivity contribution in [2.45, 2.75) is 33.7 Å². The quantitative estimate of drug-likeness (QED) is 0.522. The van der Waals surface area contributed by atoms with Crippen LogP contribution in [-0.2, 0) is 9.53 Å². The van der Waals surface area contributed by atoms with Crippen molar-refractivity contribution in [1.82, 2.24) is 10.2 Å². The molecule has 0 aliphatic carbocycles. The lowest BCUT2D eigenvalue weighted by Crippen LogP contribution is -2.48. The molecule has 2 aromatic rings. The largest absolute Gasteiger partial charge is 0.487 e. The van der Waals surface area contributed by atoms with Gasteiger partial charge < -0.3 is 14.8 Å². The first-order valence-corrected chi connectivity index (χ1v) is 10.5. The van der Waals surface area contributed by atoms with E-state index < -0.39 is 12.0 Å². The number of esters is 1. The van der Waals surface area contributed by atoms with Crippen molar-refractivity contribution in [3.8, 4) is 5.75 Å². The average Bonchev–Trinajstić information content (AvgIpc) is 2.75. The van der Waals surface area contributed by atoms with Crippen LogP contribution >= 0.6 is 0 Å². The standard InChI is InChI=1S/C25H28N2O5/c1-6-31-24(29)22-21(14-32-19-10-8-18(9-11-19)17(4)28)27(5)25(30)26-23(22)20-12-7-15(2)13-16(20)3/h7-13,23H,6,14H2,1-5H3,(H,26,30)/t23-/m1/s1. The van der Waals surface area contributed by atoms with Crippen molar-refractivity contribution in [1.29, 1.82) is 0 Å². The first-order valence-electron chi connectivity index (χ1n) is 10.5. The third-order valence-corrected chi connectivity index (χ3v) is 5.44. The van der Waals surface area contributed by atoms with Crippen molar-refractivity contribution in [2.75, 3.05) is 20.3 Å². The van der Waals surface area contributed by atoms with E-state index >= 15 is 0 Å². The van der Waals surface area contributed by atoms with Crippen molar-refractivity contribution in [2.24, 2.45) is 0 Å². The number of likely N-dealkylation sites (N-methyl/N-ethyl adjacent to an activating group) is 1. The highest BCUT2D eigenvalue weighted by Crippen LogP contribution is 2.33. The number of nitrogens with one attached hydrogen (secondary N) is 1. The Bertz CT molecular complexity index is 1070. The molecule has 0 unspecified atom stereocenters. The van der Waals surface area contributed by atoms with Gasteiger partial charge in [0.05, 0.1) is 23.9 Å². The topological polar surface area (TPSA) is 84.9 Å². The van der Waals surface area contributed by atoms with Crippen molar-refractivity contribution < 1.29 is 23.9 Å². The van der Waals surface area contributed by atoms with Crippen LogP contribution in [0, 0.1) is 13.8 Å². The lowest BCUT2D eigenvalue weighted by Gasteiger charge is -2.35. The number of Topliss-reactive ketones (excluding diaryl/α,β-unsaturated/α-hetero) is 1. The van der Waals surface area contributed by atoms with E-state index in [0.29, 0.717) is 22.6 Å². The zero-order valence-corrected chi connectivity index (χ0v) is 19.0. The van der Waals surface area contributed by atoms with Gasteiger partial charge in [-0.1, -0.05) is 23.8 Å². The molecule has 2 amide bonds. The van der Waals surface area contributed by atoms with Gasteiger partial charge in [0.25, 0.3) is 0 Å². The third-order valence-electron chi connectivity index (χ3n) is 5.44. The Morgan fingerprint density at radius 2 is 1.78 bits per heavy atom. The second-order valence-corrected chi connectivity index (χ2v) is 7.75. The second-order valence-electron chi connectivity index (χ2n) is 7.75. The Labute approximate surface area is 188 Å². The summed E-state index contributed by atoms with van der Waals surface area (Å²) in [7, 11) is 1.59. The van der Waals surface area contributed by atoms with E-state index in [1.165, 1.54) is 11.8 Å². The SMILES string of the molecule is CCOC(=O)C1=C(COc2ccc(C(C)=O)cc2)N(C)C(=O)N[C@@H]1c1ccc(C)cc1C. The number of rotatable bonds is 7. The number of amides is 2. The van der Waals surface area contributed by atoms with E-state index in [-0.39, 0.29) is 25.0 Å². The highest BCUT2D eigenvalue weighted by Gasteiger charge is 2.37. The fourth-order valence-corrected chi connectivity index (χ4v) is 3.70. The first-order chi connectivity index (χ1) is 15.2. The van der Waals surface area contributed by atoms with Gasteiger partial charge >= 0.3 is 12.0 Å². The Kier molecular flexibility index (Phi) is 6.98. The maximum absolute atomic E-state index is 13.0. The van der Waals surface area contributed by atoms with Crippen LogP contribution in [0.15, 0.2) is 53.7 Å². The van der Waals surface area contributed by atoms with Crippen LogP contribution in [0.25, 0.3) is 0 Å². The van der Waals surface area contributed by atoms with Gasteiger partial charge in [0.2, 0.25) is 0 Å². The summed E-state index contributed by atoms with van der Waals surface area (Å²) >= 11 is 0. The molecule has 1 N–H and O–H groups in total. The number of hydrogen-bond acceptors (Lipinski definition) is 5. The molecule has 0 spiro atoms. The van der Waals surface area contributed by atoms with E-state index in [1.807, 2.05) is 32.0 Å². The smallest absolute Gasteiger partial charge is 0.338 e. The van der Waals surface area contributed by atoms with Crippen LogP contribution in [-0.4, -0.2) is 42.9 Å². The average molecular weight is 437 g/mol. The van der Waals surface area contributed by atoms with Crippen molar-refractivity contribution in [3.05, 3.63) is 76.0 Å². The first kappa shape index (κ1) is 23.1. The zero-order chi connectivity index (χ0) is 23.4. The summed E-state index contributed by atoms with van der Waals surface area (Å²) in [5.74, 6) is -0.0214. The summed E-state index contributed by atoms with van der Waals surface area (Å²) in [5.41, 5.74) is 4.21. The predicted molar refractivity (Wildman–Crippen MR) is 121 cm³/mol. The fourth-order valence-electron chi connectivity index (χ4n) is 3.70. The van der Waals surface area contributed by atoms with E-state index in [2.05, 4.69) is 5.32 Å². The van der Waals surface area contributed by atoms with Crippen LogP contribution in [0.4, 0.5) is 4.79 Å². The number of ether oxygens (including phenoxy) is 2. The van der Waals surface area contributed by atoms with Gasteiger partial charge in [0.15, 0.2) is 5.78 Å². The molecule has 1 heterocycles. The summed E-state index contributed by atoms with van der Waals surface area (Å²) in [6.07, 6.45) is 0. The number of carbonyl (C=O) groups excluding carboxylic acids is 3. The number of nitrogens with zero attached hydrogens (tertiary/aromatic N) is 1. The molecule has 0 radical (unpaired) electrons. The molecule has 7 heteroatoms. The lowest BCUT2D eigenvalue weighted by atomic mass is 9.91. The number of ketones is 1. The van der Waals surface area contributed by atoms with Gasteiger partial charge in [0.1, 0.15) is 12.4 Å². The number of aryl methyl sites for hydroxylation is 2. The number of urea groups is 1. The summed E-state index contributed by atoms with van der Waals surface area (Å²) < 4.78 is 11.2. The highest BCUT2D eigenvalue weighted by molar-refractivity contribution is 5.95. The molecule has 3 rings (SSSR count). The van der Waals surface area contributed by atoms with Crippen LogP contribution in [0.2, 0.25) is 0 Å². The Morgan fingerprint density at radius 1 is 1.09 bits per heavy atom. The zero-order valence-electron chi connectivity index (χ0n) is 19.0. The maximum atomic E-state index is 13.0. The Hall–Kier alpha value is -3.61. The molecule has 0 aromatic heterocycles. The van der Waals surface area contributed by atoms with Gasteiger partial charge in [-0.25, -0.2) is 9.59 Å². The third kappa shape index (κ3) is 4.82. The van der Waals surface area contributed by atoms with Crippen LogP contribution in [0.1, 0.15) is 46.9 Å². The van der Waals surface area contributed by atoms with E-state index in [1.54, 1.807) is 38.2 Å². The van der Waals surface area contributed by atoms with Crippen LogP contribution in [0.3, 0.4) is 0 Å². The minimum atomic E-state index is -0.656. The van der Waals surface area contributed by atoms with E-state index in [9.17, 15) is 14.4 Å². The number of hydrogen-bond donors (Lipinski definition) is 1. The molecule has 1 aliphatic heterocycles. The number of benzene rings is 2. The molecule has 7 nitrogen and oxygen atoms in total. The summed E-state index contributed by atoms with van der Waals surface area (Å²) in [6.45, 7) is 7.36. The normalized spacial score (nSPS) is 16.0. The summed E-state index contributed by atoms with van der Waals surface area (Å²) in [4.78, 5) is 38.6. The van der Waals surface area contributed by atoms with Gasteiger partial charge in [-0.3, -0.25) is 9.69 Å². The molecule has 168 valence electrons. The minimum Gasteiger partial charge on any atom is -0.487 e. The summed E-state index contributed by atoms with van der Waals surface area (Å²) in [5, 5.41) is 2.92. The van der Waals surface area contributed by atoms with Gasteiger partial charge in [-0.2, -0.15) is 0 Å². The monoisotopic (exact) mass is 436 g/mol. The summed E-state index contributed by atoms with van der Waals surface area (Å²) in [6, 6.07) is 11.6. The van der Waals surface area contributed by atoms with Gasteiger partial charge in [-0.05, 0) is 63.1 Å². The molecular formula is C25H28N2O5.